The smallest absolute Gasteiger partial charge is 0.228 e. The summed E-state index contributed by atoms with van der Waals surface area (Å²) < 4.78 is 11.1. The first-order chi connectivity index (χ1) is 12.1. The molecule has 2 aliphatic rings. The summed E-state index contributed by atoms with van der Waals surface area (Å²) in [6.07, 6.45) is 0.781. The van der Waals surface area contributed by atoms with Gasteiger partial charge in [0.05, 0.1) is 19.1 Å². The number of carbonyl (C=O) groups is 1. The van der Waals surface area contributed by atoms with Crippen LogP contribution in [-0.2, 0) is 16.1 Å². The number of amides is 1. The van der Waals surface area contributed by atoms with E-state index in [1.54, 1.807) is 17.4 Å². The highest BCUT2D eigenvalue weighted by Crippen LogP contribution is 2.39. The molecule has 0 saturated carbocycles. The van der Waals surface area contributed by atoms with Crippen LogP contribution in [0.15, 0.2) is 24.3 Å². The fourth-order valence-electron chi connectivity index (χ4n) is 3.41. The first-order valence-electron chi connectivity index (χ1n) is 8.54. The predicted molar refractivity (Wildman–Crippen MR) is 96.0 cm³/mol. The van der Waals surface area contributed by atoms with E-state index in [0.717, 1.165) is 22.4 Å². The van der Waals surface area contributed by atoms with Gasteiger partial charge < -0.3 is 19.5 Å². The zero-order valence-corrected chi connectivity index (χ0v) is 15.0. The summed E-state index contributed by atoms with van der Waals surface area (Å²) in [5.41, 5.74) is 1.81. The number of hydrogen-bond acceptors (Lipinski definition) is 5. The maximum Gasteiger partial charge on any atom is 0.228 e. The van der Waals surface area contributed by atoms with Crippen LogP contribution in [0.3, 0.4) is 0 Å². The molecule has 1 amide bonds. The van der Waals surface area contributed by atoms with E-state index >= 15 is 0 Å². The molecule has 6 heteroatoms. The number of aromatic hydroxyl groups is 1. The van der Waals surface area contributed by atoms with E-state index in [-0.39, 0.29) is 17.6 Å². The molecule has 0 spiro atoms. The van der Waals surface area contributed by atoms with Gasteiger partial charge in [-0.2, -0.15) is 0 Å². The lowest BCUT2D eigenvalue weighted by molar-refractivity contribution is -0.136. The van der Waals surface area contributed by atoms with E-state index in [9.17, 15) is 9.90 Å². The van der Waals surface area contributed by atoms with Crippen molar-refractivity contribution in [3.8, 4) is 21.9 Å². The molecule has 25 heavy (non-hydrogen) atoms. The Hall–Kier alpha value is -2.05. The van der Waals surface area contributed by atoms with Gasteiger partial charge in [-0.3, -0.25) is 4.79 Å². The van der Waals surface area contributed by atoms with Gasteiger partial charge in [-0.15, -0.1) is 11.3 Å². The second-order valence-corrected chi connectivity index (χ2v) is 7.85. The van der Waals surface area contributed by atoms with Gasteiger partial charge in [-0.1, -0.05) is 0 Å². The highest BCUT2D eigenvalue weighted by atomic mass is 32.1. The molecule has 4 rings (SSSR count). The summed E-state index contributed by atoms with van der Waals surface area (Å²) in [6.45, 7) is 4.58. The van der Waals surface area contributed by atoms with Crippen LogP contribution < -0.4 is 4.74 Å². The van der Waals surface area contributed by atoms with E-state index in [0.29, 0.717) is 38.7 Å². The fraction of sp³-hybridized carbons (Fsp3) is 0.421. The number of thiophene rings is 1. The van der Waals surface area contributed by atoms with E-state index in [1.807, 2.05) is 11.0 Å². The van der Waals surface area contributed by atoms with Gasteiger partial charge in [0.15, 0.2) is 11.5 Å². The monoisotopic (exact) mass is 359 g/mol. The summed E-state index contributed by atoms with van der Waals surface area (Å²) in [5.74, 6) is 0.691. The first kappa shape index (κ1) is 16.4. The minimum atomic E-state index is -0.0572. The van der Waals surface area contributed by atoms with Crippen molar-refractivity contribution in [1.82, 2.24) is 4.90 Å². The van der Waals surface area contributed by atoms with Crippen LogP contribution in [0, 0.1) is 12.8 Å². The Bertz CT molecular complexity index is 795. The van der Waals surface area contributed by atoms with Crippen LogP contribution in [0.4, 0.5) is 0 Å². The summed E-state index contributed by atoms with van der Waals surface area (Å²) in [4.78, 5) is 16.9. The third-order valence-electron chi connectivity index (χ3n) is 4.73. The molecule has 1 aromatic carbocycles. The van der Waals surface area contributed by atoms with Crippen molar-refractivity contribution in [2.75, 3.05) is 26.4 Å². The van der Waals surface area contributed by atoms with Gasteiger partial charge in [0.2, 0.25) is 5.91 Å². The molecule has 3 heterocycles. The number of rotatable bonds is 2. The average molecular weight is 359 g/mol. The first-order valence-corrected chi connectivity index (χ1v) is 9.35. The van der Waals surface area contributed by atoms with Crippen LogP contribution in [-0.4, -0.2) is 42.3 Å². The maximum atomic E-state index is 12.7. The third kappa shape index (κ3) is 3.24. The quantitative estimate of drug-likeness (QED) is 0.895. The maximum absolute atomic E-state index is 12.7. The lowest BCUT2D eigenvalue weighted by Gasteiger charge is -2.22. The second kappa shape index (κ2) is 6.69. The van der Waals surface area contributed by atoms with Crippen LogP contribution in [0.2, 0.25) is 0 Å². The number of phenolic OH excluding ortho intramolecular Hbond substituents is 1. The second-order valence-electron chi connectivity index (χ2n) is 6.56. The fourth-order valence-corrected chi connectivity index (χ4v) is 4.26. The molecule has 5 nitrogen and oxygen atoms in total. The predicted octanol–water partition coefficient (Wildman–Crippen LogP) is 3.19. The van der Waals surface area contributed by atoms with Gasteiger partial charge in [0, 0.05) is 28.5 Å². The Morgan fingerprint density at radius 3 is 2.92 bits per heavy atom. The number of nitrogens with zero attached hydrogens (tertiary/aromatic N) is 1. The average Bonchev–Trinajstić information content (AvgIpc) is 3.22. The Balaban J connectivity index is 1.65. The zero-order chi connectivity index (χ0) is 17.4. The molecule has 0 aliphatic carbocycles. The van der Waals surface area contributed by atoms with Gasteiger partial charge in [-0.25, -0.2) is 0 Å². The van der Waals surface area contributed by atoms with Crippen molar-refractivity contribution in [2.45, 2.75) is 19.9 Å². The molecule has 0 bridgehead atoms. The molecule has 0 unspecified atom stereocenters. The van der Waals surface area contributed by atoms with Crippen molar-refractivity contribution in [1.29, 1.82) is 0 Å². The number of phenols is 1. The van der Waals surface area contributed by atoms with Crippen molar-refractivity contribution in [2.24, 2.45) is 5.92 Å². The van der Waals surface area contributed by atoms with E-state index in [4.69, 9.17) is 9.47 Å². The van der Waals surface area contributed by atoms with Crippen LogP contribution in [0.1, 0.15) is 16.9 Å². The van der Waals surface area contributed by atoms with Crippen LogP contribution >= 0.6 is 11.3 Å². The summed E-state index contributed by atoms with van der Waals surface area (Å²) in [7, 11) is 0. The van der Waals surface area contributed by atoms with E-state index < -0.39 is 0 Å². The van der Waals surface area contributed by atoms with Crippen molar-refractivity contribution < 1.29 is 19.4 Å². The number of aryl methyl sites for hydroxylation is 1. The Morgan fingerprint density at radius 1 is 1.32 bits per heavy atom. The highest BCUT2D eigenvalue weighted by molar-refractivity contribution is 7.15. The van der Waals surface area contributed by atoms with Crippen LogP contribution in [0.5, 0.6) is 11.5 Å². The molecular weight excluding hydrogens is 338 g/mol. The van der Waals surface area contributed by atoms with Crippen molar-refractivity contribution >= 4 is 17.2 Å². The van der Waals surface area contributed by atoms with Crippen LogP contribution in [0.25, 0.3) is 10.4 Å². The molecule has 2 aromatic rings. The summed E-state index contributed by atoms with van der Waals surface area (Å²) in [5, 5.41) is 10.4. The minimum absolute atomic E-state index is 0.0572. The number of ether oxygens (including phenoxy) is 2. The van der Waals surface area contributed by atoms with E-state index in [2.05, 4.69) is 19.1 Å². The highest BCUT2D eigenvalue weighted by Gasteiger charge is 2.30. The SMILES string of the molecule is Cc1ccc(-c2cc(O)c3c(c2)CN(C(=O)[C@@H]2CCOC2)CCO3)s1. The molecule has 1 saturated heterocycles. The molecule has 132 valence electrons. The van der Waals surface area contributed by atoms with Crippen molar-refractivity contribution in [3.05, 3.63) is 34.7 Å². The van der Waals surface area contributed by atoms with Crippen molar-refractivity contribution in [3.63, 3.8) is 0 Å². The third-order valence-corrected chi connectivity index (χ3v) is 5.78. The summed E-state index contributed by atoms with van der Waals surface area (Å²) in [6, 6.07) is 7.89. The molecule has 1 N–H and O–H groups in total. The molecule has 0 radical (unpaired) electrons. The van der Waals surface area contributed by atoms with Gasteiger partial charge in [-0.05, 0) is 43.2 Å². The molecule has 1 fully saturated rings. The van der Waals surface area contributed by atoms with Gasteiger partial charge in [0.25, 0.3) is 0 Å². The largest absolute Gasteiger partial charge is 0.504 e. The lowest BCUT2D eigenvalue weighted by Crippen LogP contribution is -2.37. The normalized spacial score (nSPS) is 20.0. The lowest BCUT2D eigenvalue weighted by atomic mass is 10.0. The molecule has 1 atom stereocenters. The summed E-state index contributed by atoms with van der Waals surface area (Å²) >= 11 is 1.68. The number of carbonyl (C=O) groups excluding carboxylic acids is 1. The number of benzene rings is 1. The molecular formula is C19H21NO4S. The molecule has 1 aromatic heterocycles. The van der Waals surface area contributed by atoms with E-state index in [1.165, 1.54) is 4.88 Å². The number of hydrogen-bond donors (Lipinski definition) is 1. The minimum Gasteiger partial charge on any atom is -0.504 e. The van der Waals surface area contributed by atoms with Gasteiger partial charge >= 0.3 is 0 Å². The Morgan fingerprint density at radius 2 is 2.20 bits per heavy atom. The number of fused-ring (bicyclic) bond motifs is 1. The van der Waals surface area contributed by atoms with Gasteiger partial charge in [0.1, 0.15) is 6.61 Å². The topological polar surface area (TPSA) is 59.0 Å². The zero-order valence-electron chi connectivity index (χ0n) is 14.2. The molecule has 2 aliphatic heterocycles. The Labute approximate surface area is 150 Å². The standard InChI is InChI=1S/C19H21NO4S/c1-12-2-3-17(25-12)14-8-15-10-20(19(22)13-4-6-23-11-13)5-7-24-18(15)16(21)9-14/h2-3,8-9,13,21H,4-7,10-11H2,1H3/t13-/m1/s1. The Kier molecular flexibility index (Phi) is 4.39.